The average molecular weight is 266 g/mol. The average Bonchev–Trinajstić information content (AvgIpc) is 2.33. The Labute approximate surface area is 114 Å². The molecule has 0 spiro atoms. The largest absolute Gasteiger partial charge is 0.367 e. The van der Waals surface area contributed by atoms with Gasteiger partial charge in [-0.1, -0.05) is 18.0 Å². The summed E-state index contributed by atoms with van der Waals surface area (Å²) in [6.45, 7) is 0. The number of halogens is 1. The summed E-state index contributed by atoms with van der Waals surface area (Å²) in [4.78, 5) is 6.91. The number of aromatic nitrogens is 1. The van der Waals surface area contributed by atoms with Crippen LogP contribution in [0.5, 0.6) is 0 Å². The highest BCUT2D eigenvalue weighted by Crippen LogP contribution is 2.33. The van der Waals surface area contributed by atoms with E-state index in [2.05, 4.69) is 22.2 Å². The summed E-state index contributed by atoms with van der Waals surface area (Å²) in [5, 5.41) is 4.26. The summed E-state index contributed by atoms with van der Waals surface area (Å²) >= 11 is 5.85. The summed E-state index contributed by atoms with van der Waals surface area (Å²) in [6.07, 6.45) is 8.26. The van der Waals surface area contributed by atoms with Crippen LogP contribution in [0, 0.1) is 0 Å². The predicted octanol–water partition coefficient (Wildman–Crippen LogP) is 3.16. The van der Waals surface area contributed by atoms with Crippen molar-refractivity contribution in [3.63, 3.8) is 0 Å². The van der Waals surface area contributed by atoms with E-state index in [1.54, 1.807) is 6.20 Å². The zero-order chi connectivity index (χ0) is 12.5. The van der Waals surface area contributed by atoms with Gasteiger partial charge in [-0.05, 0) is 44.9 Å². The number of fused-ring (bicyclic) bond motifs is 2. The van der Waals surface area contributed by atoms with Crippen molar-refractivity contribution in [2.75, 3.05) is 12.4 Å². The van der Waals surface area contributed by atoms with Crippen LogP contribution in [0.25, 0.3) is 0 Å². The highest BCUT2D eigenvalue weighted by molar-refractivity contribution is 6.30. The van der Waals surface area contributed by atoms with Crippen LogP contribution in [0.15, 0.2) is 18.3 Å². The Morgan fingerprint density at radius 3 is 2.61 bits per heavy atom. The third kappa shape index (κ3) is 2.47. The van der Waals surface area contributed by atoms with Crippen molar-refractivity contribution in [2.24, 2.45) is 0 Å². The molecule has 3 nitrogen and oxygen atoms in total. The predicted molar refractivity (Wildman–Crippen MR) is 75.1 cm³/mol. The number of hydrogen-bond donors (Lipinski definition) is 1. The van der Waals surface area contributed by atoms with Crippen molar-refractivity contribution in [1.82, 2.24) is 9.88 Å². The second-order valence-corrected chi connectivity index (χ2v) is 6.01. The van der Waals surface area contributed by atoms with Crippen LogP contribution in [0.2, 0.25) is 5.02 Å². The van der Waals surface area contributed by atoms with Gasteiger partial charge >= 0.3 is 0 Å². The highest BCUT2D eigenvalue weighted by atomic mass is 35.5. The minimum atomic E-state index is 0.560. The molecule has 1 N–H and O–H groups in total. The van der Waals surface area contributed by atoms with Crippen LogP contribution < -0.4 is 5.32 Å². The SMILES string of the molecule is CN1C2CCCC1CC(Nc1ccc(Cl)cn1)C2. The first-order valence-corrected chi connectivity index (χ1v) is 7.20. The van der Waals surface area contributed by atoms with Crippen molar-refractivity contribution in [3.8, 4) is 0 Å². The smallest absolute Gasteiger partial charge is 0.126 e. The molecule has 0 aromatic carbocycles. The van der Waals surface area contributed by atoms with Gasteiger partial charge in [0, 0.05) is 24.3 Å². The number of hydrogen-bond acceptors (Lipinski definition) is 3. The quantitative estimate of drug-likeness (QED) is 0.890. The fourth-order valence-corrected chi connectivity index (χ4v) is 3.52. The lowest BCUT2D eigenvalue weighted by atomic mass is 9.82. The van der Waals surface area contributed by atoms with Crippen molar-refractivity contribution < 1.29 is 0 Å². The topological polar surface area (TPSA) is 28.2 Å². The van der Waals surface area contributed by atoms with Crippen LogP contribution in [0.1, 0.15) is 32.1 Å². The summed E-state index contributed by atoms with van der Waals surface area (Å²) in [5.41, 5.74) is 0. The van der Waals surface area contributed by atoms with Crippen LogP contribution in [0.3, 0.4) is 0 Å². The fraction of sp³-hybridized carbons (Fsp3) is 0.643. The van der Waals surface area contributed by atoms with Gasteiger partial charge in [-0.2, -0.15) is 0 Å². The van der Waals surface area contributed by atoms with E-state index >= 15 is 0 Å². The molecule has 0 saturated carbocycles. The van der Waals surface area contributed by atoms with E-state index in [0.717, 1.165) is 17.9 Å². The second-order valence-electron chi connectivity index (χ2n) is 5.58. The fourth-order valence-electron chi connectivity index (χ4n) is 3.40. The Balaban J connectivity index is 1.66. The Bertz CT molecular complexity index is 392. The number of nitrogens with zero attached hydrogens (tertiary/aromatic N) is 2. The molecule has 4 heteroatoms. The lowest BCUT2D eigenvalue weighted by Gasteiger charge is -2.47. The first-order chi connectivity index (χ1) is 8.72. The molecule has 98 valence electrons. The van der Waals surface area contributed by atoms with Crippen molar-refractivity contribution >= 4 is 17.4 Å². The molecule has 0 radical (unpaired) electrons. The van der Waals surface area contributed by atoms with Crippen molar-refractivity contribution in [3.05, 3.63) is 23.4 Å². The number of pyridine rings is 1. The van der Waals surface area contributed by atoms with Crippen LogP contribution >= 0.6 is 11.6 Å². The first-order valence-electron chi connectivity index (χ1n) is 6.82. The molecule has 2 bridgehead atoms. The van der Waals surface area contributed by atoms with E-state index in [4.69, 9.17) is 11.6 Å². The summed E-state index contributed by atoms with van der Waals surface area (Å²) in [5.74, 6) is 0.951. The number of piperidine rings is 2. The third-order valence-corrected chi connectivity index (χ3v) is 4.64. The van der Waals surface area contributed by atoms with Crippen LogP contribution in [-0.4, -0.2) is 35.1 Å². The number of nitrogens with one attached hydrogen (secondary N) is 1. The molecule has 1 aromatic rings. The zero-order valence-corrected chi connectivity index (χ0v) is 11.5. The van der Waals surface area contributed by atoms with Crippen molar-refractivity contribution in [1.29, 1.82) is 0 Å². The normalized spacial score (nSPS) is 32.2. The van der Waals surface area contributed by atoms with E-state index in [1.807, 2.05) is 12.1 Å². The first kappa shape index (κ1) is 12.2. The molecule has 3 rings (SSSR count). The molecule has 1 aromatic heterocycles. The zero-order valence-electron chi connectivity index (χ0n) is 10.8. The molecule has 2 saturated heterocycles. The molecule has 3 heterocycles. The molecule has 2 fully saturated rings. The molecule has 2 unspecified atom stereocenters. The van der Waals surface area contributed by atoms with Crippen molar-refractivity contribution in [2.45, 2.75) is 50.2 Å². The van der Waals surface area contributed by atoms with Gasteiger partial charge in [-0.15, -0.1) is 0 Å². The number of rotatable bonds is 2. The Morgan fingerprint density at radius 2 is 2.00 bits per heavy atom. The lowest BCUT2D eigenvalue weighted by Crippen LogP contribution is -2.52. The standard InChI is InChI=1S/C14H20ClN3/c1-18-12-3-2-4-13(18)8-11(7-12)17-14-6-5-10(15)9-16-14/h5-6,9,11-13H,2-4,7-8H2,1H3,(H,16,17). The highest BCUT2D eigenvalue weighted by Gasteiger charge is 2.35. The van der Waals surface area contributed by atoms with E-state index in [0.29, 0.717) is 11.1 Å². The number of anilines is 1. The Kier molecular flexibility index (Phi) is 3.44. The van der Waals surface area contributed by atoms with Gasteiger partial charge in [0.2, 0.25) is 0 Å². The van der Waals surface area contributed by atoms with Gasteiger partial charge in [0.05, 0.1) is 5.02 Å². The maximum absolute atomic E-state index is 5.85. The molecule has 18 heavy (non-hydrogen) atoms. The van der Waals surface area contributed by atoms with Crippen LogP contribution in [0.4, 0.5) is 5.82 Å². The molecule has 2 atom stereocenters. The van der Waals surface area contributed by atoms with Gasteiger partial charge in [-0.3, -0.25) is 0 Å². The van der Waals surface area contributed by atoms with E-state index in [-0.39, 0.29) is 0 Å². The summed E-state index contributed by atoms with van der Waals surface area (Å²) in [7, 11) is 2.28. The Hall–Kier alpha value is -0.800. The minimum absolute atomic E-state index is 0.560. The maximum Gasteiger partial charge on any atom is 0.126 e. The van der Waals surface area contributed by atoms with Gasteiger partial charge in [0.15, 0.2) is 0 Å². The van der Waals surface area contributed by atoms with E-state index < -0.39 is 0 Å². The second kappa shape index (κ2) is 5.06. The molecule has 2 aliphatic rings. The lowest BCUT2D eigenvalue weighted by molar-refractivity contribution is 0.0608. The van der Waals surface area contributed by atoms with Crippen LogP contribution in [-0.2, 0) is 0 Å². The monoisotopic (exact) mass is 265 g/mol. The van der Waals surface area contributed by atoms with Gasteiger partial charge < -0.3 is 10.2 Å². The van der Waals surface area contributed by atoms with Gasteiger partial charge in [0.25, 0.3) is 0 Å². The molecule has 0 aliphatic carbocycles. The maximum atomic E-state index is 5.85. The van der Waals surface area contributed by atoms with Gasteiger partial charge in [-0.25, -0.2) is 4.98 Å². The van der Waals surface area contributed by atoms with E-state index in [9.17, 15) is 0 Å². The molecule has 2 aliphatic heterocycles. The minimum Gasteiger partial charge on any atom is -0.367 e. The molecular formula is C14H20ClN3. The van der Waals surface area contributed by atoms with Gasteiger partial charge in [0.1, 0.15) is 5.82 Å². The molecule has 0 amide bonds. The summed E-state index contributed by atoms with van der Waals surface area (Å²) < 4.78 is 0. The third-order valence-electron chi connectivity index (χ3n) is 4.42. The molecular weight excluding hydrogens is 246 g/mol. The summed E-state index contributed by atoms with van der Waals surface area (Å²) in [6, 6.07) is 5.93. The van der Waals surface area contributed by atoms with E-state index in [1.165, 1.54) is 32.1 Å². The Morgan fingerprint density at radius 1 is 1.28 bits per heavy atom.